The Morgan fingerprint density at radius 1 is 1.43 bits per heavy atom. The monoisotopic (exact) mass is 300 g/mol. The molecule has 72 valence electrons. The van der Waals surface area contributed by atoms with Gasteiger partial charge in [0, 0.05) is 21.3 Å². The number of nitrogens with two attached hydrogens (primary N) is 1. The zero-order valence-electron chi connectivity index (χ0n) is 7.38. The number of hydrogen-bond donors (Lipinski definition) is 2. The zero-order chi connectivity index (χ0) is 10.1. The van der Waals surface area contributed by atoms with Gasteiger partial charge in [0.05, 0.1) is 5.69 Å². The molecular weight excluding hydrogens is 291 g/mol. The molecule has 0 aliphatic carbocycles. The van der Waals surface area contributed by atoms with Crippen molar-refractivity contribution in [3.8, 4) is 0 Å². The van der Waals surface area contributed by atoms with E-state index in [9.17, 15) is 4.79 Å². The Morgan fingerprint density at radius 2 is 2.21 bits per heavy atom. The van der Waals surface area contributed by atoms with Crippen LogP contribution in [0.3, 0.4) is 0 Å². The van der Waals surface area contributed by atoms with Crippen molar-refractivity contribution < 1.29 is 4.79 Å². The van der Waals surface area contributed by atoms with Crippen molar-refractivity contribution in [2.45, 2.75) is 6.42 Å². The van der Waals surface area contributed by atoms with Gasteiger partial charge in [0.1, 0.15) is 0 Å². The number of nitrogens with one attached hydrogen (secondary N) is 1. The van der Waals surface area contributed by atoms with Gasteiger partial charge in [0.15, 0.2) is 0 Å². The third kappa shape index (κ3) is 1.75. The number of hydrogen-bond acceptors (Lipinski definition) is 2. The van der Waals surface area contributed by atoms with Crippen LogP contribution in [0.2, 0.25) is 0 Å². The fourth-order valence-corrected chi connectivity index (χ4v) is 1.88. The lowest BCUT2D eigenvalue weighted by molar-refractivity contribution is -0.115. The second kappa shape index (κ2) is 3.61. The molecule has 0 fully saturated rings. The molecule has 4 heteroatoms. The summed E-state index contributed by atoms with van der Waals surface area (Å²) in [7, 11) is 0. The molecule has 0 atom stereocenters. The topological polar surface area (TPSA) is 55.1 Å². The molecule has 0 spiro atoms. The normalized spacial score (nSPS) is 15.2. The standard InChI is InChI=1S/C10H9IN2O/c11-6-1-2-7-8(12)3-4-10(14)13-9(7)5-6/h1-3,5H,4,12H2,(H,13,14). The van der Waals surface area contributed by atoms with E-state index < -0.39 is 0 Å². The van der Waals surface area contributed by atoms with Gasteiger partial charge in [-0.15, -0.1) is 0 Å². The minimum atomic E-state index is -0.0197. The first-order chi connectivity index (χ1) is 6.66. The number of carbonyl (C=O) groups excluding carboxylic acids is 1. The molecule has 2 rings (SSSR count). The Bertz CT molecular complexity index is 426. The number of amides is 1. The maximum Gasteiger partial charge on any atom is 0.228 e. The Kier molecular flexibility index (Phi) is 2.45. The van der Waals surface area contributed by atoms with E-state index in [2.05, 4.69) is 27.9 Å². The number of anilines is 1. The summed E-state index contributed by atoms with van der Waals surface area (Å²) in [5.41, 5.74) is 8.19. The van der Waals surface area contributed by atoms with Crippen LogP contribution in [0.25, 0.3) is 5.70 Å². The molecule has 1 heterocycles. The minimum absolute atomic E-state index is 0.0197. The van der Waals surface area contributed by atoms with Crippen LogP contribution in [-0.2, 0) is 4.79 Å². The Labute approximate surface area is 95.5 Å². The first-order valence-electron chi connectivity index (χ1n) is 4.22. The van der Waals surface area contributed by atoms with Gasteiger partial charge in [-0.25, -0.2) is 0 Å². The van der Waals surface area contributed by atoms with E-state index in [0.29, 0.717) is 12.1 Å². The summed E-state index contributed by atoms with van der Waals surface area (Å²) in [6.07, 6.45) is 2.09. The summed E-state index contributed by atoms with van der Waals surface area (Å²) in [6, 6.07) is 5.81. The van der Waals surface area contributed by atoms with Crippen molar-refractivity contribution >= 4 is 39.9 Å². The van der Waals surface area contributed by atoms with Crippen molar-refractivity contribution in [1.29, 1.82) is 0 Å². The van der Waals surface area contributed by atoms with Gasteiger partial charge in [-0.1, -0.05) is 6.08 Å². The van der Waals surface area contributed by atoms with Crippen LogP contribution >= 0.6 is 22.6 Å². The van der Waals surface area contributed by atoms with E-state index in [4.69, 9.17) is 5.73 Å². The summed E-state index contributed by atoms with van der Waals surface area (Å²) in [5.74, 6) is -0.0197. The van der Waals surface area contributed by atoms with Crippen LogP contribution in [-0.4, -0.2) is 5.91 Å². The first kappa shape index (κ1) is 9.51. The highest BCUT2D eigenvalue weighted by Crippen LogP contribution is 2.25. The van der Waals surface area contributed by atoms with Crippen LogP contribution in [0, 0.1) is 3.57 Å². The van der Waals surface area contributed by atoms with Gasteiger partial charge in [-0.05, 0) is 40.8 Å². The molecule has 0 unspecified atom stereocenters. The van der Waals surface area contributed by atoms with Crippen LogP contribution in [0.15, 0.2) is 24.3 Å². The number of halogens is 1. The quantitative estimate of drug-likeness (QED) is 0.719. The van der Waals surface area contributed by atoms with Gasteiger partial charge in [-0.2, -0.15) is 0 Å². The van der Waals surface area contributed by atoms with Gasteiger partial charge in [0.25, 0.3) is 0 Å². The molecule has 0 radical (unpaired) electrons. The zero-order valence-corrected chi connectivity index (χ0v) is 9.54. The molecule has 1 aromatic carbocycles. The molecule has 0 bridgehead atoms. The van der Waals surface area contributed by atoms with E-state index >= 15 is 0 Å². The third-order valence-corrected chi connectivity index (χ3v) is 2.75. The molecule has 0 saturated heterocycles. The summed E-state index contributed by atoms with van der Waals surface area (Å²) in [4.78, 5) is 11.3. The lowest BCUT2D eigenvalue weighted by atomic mass is 10.1. The molecule has 3 N–H and O–H groups in total. The Morgan fingerprint density at radius 3 is 3.00 bits per heavy atom. The molecule has 0 aromatic heterocycles. The van der Waals surface area contributed by atoms with Gasteiger partial charge in [-0.3, -0.25) is 4.79 Å². The summed E-state index contributed by atoms with van der Waals surface area (Å²) in [5, 5.41) is 2.82. The van der Waals surface area contributed by atoms with E-state index in [0.717, 1.165) is 14.8 Å². The molecule has 3 nitrogen and oxygen atoms in total. The highest BCUT2D eigenvalue weighted by atomic mass is 127. The molecule has 14 heavy (non-hydrogen) atoms. The number of carbonyl (C=O) groups is 1. The van der Waals surface area contributed by atoms with Crippen LogP contribution in [0.5, 0.6) is 0 Å². The molecule has 1 aromatic rings. The molecule has 1 aliphatic rings. The predicted molar refractivity (Wildman–Crippen MR) is 64.6 cm³/mol. The lowest BCUT2D eigenvalue weighted by Gasteiger charge is -2.07. The van der Waals surface area contributed by atoms with Crippen LogP contribution in [0.1, 0.15) is 12.0 Å². The largest absolute Gasteiger partial charge is 0.398 e. The van der Waals surface area contributed by atoms with E-state index in [1.54, 1.807) is 6.08 Å². The highest BCUT2D eigenvalue weighted by Gasteiger charge is 2.12. The summed E-state index contributed by atoms with van der Waals surface area (Å²) < 4.78 is 1.08. The first-order valence-corrected chi connectivity index (χ1v) is 5.30. The predicted octanol–water partition coefficient (Wildman–Crippen LogP) is 1.93. The smallest absolute Gasteiger partial charge is 0.228 e. The highest BCUT2D eigenvalue weighted by molar-refractivity contribution is 14.1. The molecular formula is C10H9IN2O. The maximum absolute atomic E-state index is 11.3. The average molecular weight is 300 g/mol. The summed E-state index contributed by atoms with van der Waals surface area (Å²) in [6.45, 7) is 0. The molecule has 1 amide bonds. The van der Waals surface area contributed by atoms with E-state index in [1.165, 1.54) is 0 Å². The third-order valence-electron chi connectivity index (χ3n) is 2.07. The summed E-state index contributed by atoms with van der Waals surface area (Å²) >= 11 is 2.20. The fraction of sp³-hybridized carbons (Fsp3) is 0.100. The second-order valence-corrected chi connectivity index (χ2v) is 4.35. The maximum atomic E-state index is 11.3. The van der Waals surface area contributed by atoms with Crippen LogP contribution in [0.4, 0.5) is 5.69 Å². The second-order valence-electron chi connectivity index (χ2n) is 3.10. The van der Waals surface area contributed by atoms with Gasteiger partial charge in [0.2, 0.25) is 5.91 Å². The average Bonchev–Trinajstić information content (AvgIpc) is 2.26. The van der Waals surface area contributed by atoms with Crippen molar-refractivity contribution in [2.75, 3.05) is 5.32 Å². The van der Waals surface area contributed by atoms with Crippen molar-refractivity contribution in [2.24, 2.45) is 5.73 Å². The van der Waals surface area contributed by atoms with Crippen LogP contribution < -0.4 is 11.1 Å². The van der Waals surface area contributed by atoms with Crippen molar-refractivity contribution in [3.05, 3.63) is 33.4 Å². The van der Waals surface area contributed by atoms with Gasteiger partial charge >= 0.3 is 0 Å². The number of benzene rings is 1. The van der Waals surface area contributed by atoms with Crippen molar-refractivity contribution in [1.82, 2.24) is 0 Å². The van der Waals surface area contributed by atoms with E-state index in [-0.39, 0.29) is 5.91 Å². The SMILES string of the molecule is NC1=CCC(=O)Nc2cc(I)ccc21. The Hall–Kier alpha value is -1.04. The Balaban J connectivity index is 2.56. The van der Waals surface area contributed by atoms with Crippen molar-refractivity contribution in [3.63, 3.8) is 0 Å². The lowest BCUT2D eigenvalue weighted by Crippen LogP contribution is -2.09. The molecule has 0 saturated carbocycles. The molecule has 1 aliphatic heterocycles. The van der Waals surface area contributed by atoms with E-state index in [1.807, 2.05) is 18.2 Å². The fourth-order valence-electron chi connectivity index (χ4n) is 1.39. The number of fused-ring (bicyclic) bond motifs is 1. The number of rotatable bonds is 0. The minimum Gasteiger partial charge on any atom is -0.398 e. The van der Waals surface area contributed by atoms with Gasteiger partial charge < -0.3 is 11.1 Å².